The summed E-state index contributed by atoms with van der Waals surface area (Å²) in [6, 6.07) is 10.5. The molecule has 2 aromatic rings. The van der Waals surface area contributed by atoms with Gasteiger partial charge in [0, 0.05) is 5.02 Å². The lowest BCUT2D eigenvalue weighted by atomic mass is 9.99. The zero-order valence-corrected chi connectivity index (χ0v) is 12.7. The Hall–Kier alpha value is -1.19. The van der Waals surface area contributed by atoms with Crippen LogP contribution in [0.25, 0.3) is 0 Å². The summed E-state index contributed by atoms with van der Waals surface area (Å²) in [6.07, 6.45) is -3.85. The molecule has 2 aromatic carbocycles. The smallest absolute Gasteiger partial charge is 0.166 e. The molecule has 0 aliphatic heterocycles. The first-order chi connectivity index (χ1) is 9.77. The van der Waals surface area contributed by atoms with E-state index in [0.717, 1.165) is 28.8 Å². The summed E-state index contributed by atoms with van der Waals surface area (Å²) in [6.45, 7) is 1.91. The van der Waals surface area contributed by atoms with Crippen molar-refractivity contribution >= 4 is 23.2 Å². The van der Waals surface area contributed by atoms with Gasteiger partial charge in [0.2, 0.25) is 0 Å². The monoisotopic (exact) mass is 332 g/mol. The Labute approximate surface area is 131 Å². The van der Waals surface area contributed by atoms with E-state index >= 15 is 0 Å². The third-order valence-electron chi connectivity index (χ3n) is 3.27. The summed E-state index contributed by atoms with van der Waals surface area (Å²) in [7, 11) is 0. The fourth-order valence-electron chi connectivity index (χ4n) is 2.14. The summed E-state index contributed by atoms with van der Waals surface area (Å²) < 4.78 is 37.5. The quantitative estimate of drug-likeness (QED) is 0.588. The fraction of sp³-hybridized carbons (Fsp3) is 0.250. The Balaban J connectivity index is 2.14. The van der Waals surface area contributed by atoms with E-state index in [1.165, 1.54) is 12.1 Å². The molecule has 1 unspecified atom stereocenters. The third-order valence-corrected chi connectivity index (χ3v) is 3.89. The van der Waals surface area contributed by atoms with Crippen LogP contribution in [-0.2, 0) is 12.6 Å². The molecular weight excluding hydrogens is 320 g/mol. The van der Waals surface area contributed by atoms with E-state index < -0.39 is 11.7 Å². The SMILES string of the molecule is Cc1cc(Cl)ccc1C(Cl)Cc1ccc(C(F)(F)F)cc1. The van der Waals surface area contributed by atoms with Gasteiger partial charge in [0.15, 0.2) is 0 Å². The van der Waals surface area contributed by atoms with Crippen LogP contribution in [0.5, 0.6) is 0 Å². The van der Waals surface area contributed by atoms with E-state index in [4.69, 9.17) is 23.2 Å². The van der Waals surface area contributed by atoms with Gasteiger partial charge < -0.3 is 0 Å². The molecule has 0 aliphatic carbocycles. The molecule has 0 radical (unpaired) electrons. The Morgan fingerprint density at radius 1 is 1.05 bits per heavy atom. The first kappa shape index (κ1) is 16.2. The van der Waals surface area contributed by atoms with Crippen molar-refractivity contribution in [2.45, 2.75) is 24.9 Å². The highest BCUT2D eigenvalue weighted by Gasteiger charge is 2.30. The van der Waals surface area contributed by atoms with Crippen LogP contribution in [0.2, 0.25) is 5.02 Å². The van der Waals surface area contributed by atoms with Crippen molar-refractivity contribution in [2.24, 2.45) is 0 Å². The molecule has 21 heavy (non-hydrogen) atoms. The Bertz CT molecular complexity index is 618. The van der Waals surface area contributed by atoms with Crippen LogP contribution in [0.15, 0.2) is 42.5 Å². The molecule has 0 bridgehead atoms. The van der Waals surface area contributed by atoms with E-state index in [1.807, 2.05) is 19.1 Å². The molecule has 0 aliphatic rings. The van der Waals surface area contributed by atoms with Crippen molar-refractivity contribution in [3.8, 4) is 0 Å². The number of hydrogen-bond acceptors (Lipinski definition) is 0. The largest absolute Gasteiger partial charge is 0.416 e. The van der Waals surface area contributed by atoms with Gasteiger partial charge in [-0.15, -0.1) is 11.6 Å². The van der Waals surface area contributed by atoms with E-state index in [2.05, 4.69) is 0 Å². The minimum Gasteiger partial charge on any atom is -0.166 e. The number of aryl methyl sites for hydroxylation is 1. The number of rotatable bonds is 3. The van der Waals surface area contributed by atoms with Crippen molar-refractivity contribution in [1.29, 1.82) is 0 Å². The summed E-state index contributed by atoms with van der Waals surface area (Å²) in [4.78, 5) is 0. The molecule has 2 rings (SSSR count). The second kappa shape index (κ2) is 6.29. The highest BCUT2D eigenvalue weighted by molar-refractivity contribution is 6.30. The highest BCUT2D eigenvalue weighted by atomic mass is 35.5. The van der Waals surface area contributed by atoms with Gasteiger partial charge in [-0.25, -0.2) is 0 Å². The molecule has 0 aromatic heterocycles. The maximum absolute atomic E-state index is 12.5. The zero-order chi connectivity index (χ0) is 15.6. The first-order valence-corrected chi connectivity index (χ1v) is 7.15. The second-order valence-electron chi connectivity index (χ2n) is 4.87. The molecule has 0 saturated carbocycles. The standard InChI is InChI=1S/C16H13Cl2F3/c1-10-8-13(17)6-7-14(10)15(18)9-11-2-4-12(5-3-11)16(19,20)21/h2-8,15H,9H2,1H3. The van der Waals surface area contributed by atoms with Crippen molar-refractivity contribution < 1.29 is 13.2 Å². The lowest BCUT2D eigenvalue weighted by Gasteiger charge is -2.14. The van der Waals surface area contributed by atoms with Crippen LogP contribution in [0.1, 0.15) is 27.6 Å². The maximum atomic E-state index is 12.5. The van der Waals surface area contributed by atoms with Crippen LogP contribution in [-0.4, -0.2) is 0 Å². The summed E-state index contributed by atoms with van der Waals surface area (Å²) in [5.41, 5.74) is 2.01. The maximum Gasteiger partial charge on any atom is 0.416 e. The molecule has 1 atom stereocenters. The van der Waals surface area contributed by atoms with Gasteiger partial charge >= 0.3 is 6.18 Å². The minimum absolute atomic E-state index is 0.306. The van der Waals surface area contributed by atoms with Crippen LogP contribution < -0.4 is 0 Å². The average Bonchev–Trinajstić information content (AvgIpc) is 2.38. The predicted octanol–water partition coefficient (Wildman–Crippen LogP) is 6.19. The van der Waals surface area contributed by atoms with Gasteiger partial charge in [0.25, 0.3) is 0 Å². The highest BCUT2D eigenvalue weighted by Crippen LogP contribution is 2.32. The molecule has 0 nitrogen and oxygen atoms in total. The summed E-state index contributed by atoms with van der Waals surface area (Å²) in [5.74, 6) is 0. The first-order valence-electron chi connectivity index (χ1n) is 6.33. The van der Waals surface area contributed by atoms with Gasteiger partial charge in [0.05, 0.1) is 10.9 Å². The van der Waals surface area contributed by atoms with Gasteiger partial charge in [-0.05, 0) is 54.3 Å². The van der Waals surface area contributed by atoms with Crippen LogP contribution in [0.4, 0.5) is 13.2 Å². The van der Waals surface area contributed by atoms with E-state index in [-0.39, 0.29) is 5.38 Å². The van der Waals surface area contributed by atoms with Crippen molar-refractivity contribution in [2.75, 3.05) is 0 Å². The lowest BCUT2D eigenvalue weighted by Crippen LogP contribution is -2.05. The molecule has 0 N–H and O–H groups in total. The summed E-state index contributed by atoms with van der Waals surface area (Å²) in [5, 5.41) is 0.327. The number of halogens is 5. The average molecular weight is 333 g/mol. The molecule has 0 saturated heterocycles. The molecule has 0 fully saturated rings. The zero-order valence-electron chi connectivity index (χ0n) is 11.2. The van der Waals surface area contributed by atoms with Crippen LogP contribution in [0, 0.1) is 6.92 Å². The fourth-order valence-corrected chi connectivity index (χ4v) is 2.79. The van der Waals surface area contributed by atoms with Crippen LogP contribution >= 0.6 is 23.2 Å². The molecule has 0 heterocycles. The topological polar surface area (TPSA) is 0 Å². The molecule has 112 valence electrons. The van der Waals surface area contributed by atoms with E-state index in [9.17, 15) is 13.2 Å². The lowest BCUT2D eigenvalue weighted by molar-refractivity contribution is -0.137. The molecule has 5 heteroatoms. The normalized spacial score (nSPS) is 13.2. The van der Waals surface area contributed by atoms with E-state index in [1.54, 1.807) is 6.07 Å². The minimum atomic E-state index is -4.31. The molecule has 0 spiro atoms. The van der Waals surface area contributed by atoms with Crippen molar-refractivity contribution in [3.05, 3.63) is 69.7 Å². The van der Waals surface area contributed by atoms with Gasteiger partial charge in [0.1, 0.15) is 0 Å². The van der Waals surface area contributed by atoms with Gasteiger partial charge in [-0.3, -0.25) is 0 Å². The second-order valence-corrected chi connectivity index (χ2v) is 5.83. The predicted molar refractivity (Wildman–Crippen MR) is 79.9 cm³/mol. The third kappa shape index (κ3) is 4.14. The number of alkyl halides is 4. The Morgan fingerprint density at radius 2 is 1.67 bits per heavy atom. The van der Waals surface area contributed by atoms with Crippen LogP contribution in [0.3, 0.4) is 0 Å². The van der Waals surface area contributed by atoms with Gasteiger partial charge in [-0.1, -0.05) is 29.8 Å². The Morgan fingerprint density at radius 3 is 2.19 bits per heavy atom. The van der Waals surface area contributed by atoms with Gasteiger partial charge in [-0.2, -0.15) is 13.2 Å². The van der Waals surface area contributed by atoms with Crippen molar-refractivity contribution in [1.82, 2.24) is 0 Å². The summed E-state index contributed by atoms with van der Waals surface area (Å²) >= 11 is 12.3. The molecular formula is C16H13Cl2F3. The number of benzene rings is 2. The number of hydrogen-bond donors (Lipinski definition) is 0. The molecule has 0 amide bonds. The van der Waals surface area contributed by atoms with E-state index in [0.29, 0.717) is 11.4 Å². The van der Waals surface area contributed by atoms with Crippen molar-refractivity contribution in [3.63, 3.8) is 0 Å². The Kier molecular flexibility index (Phi) is 4.84.